The second-order valence-electron chi connectivity index (χ2n) is 5.86. The van der Waals surface area contributed by atoms with Gasteiger partial charge in [0.1, 0.15) is 12.0 Å². The van der Waals surface area contributed by atoms with Gasteiger partial charge in [-0.05, 0) is 26.0 Å². The molecule has 0 aliphatic carbocycles. The van der Waals surface area contributed by atoms with Crippen molar-refractivity contribution in [2.24, 2.45) is 5.73 Å². The average Bonchev–Trinajstić information content (AvgIpc) is 3.14. The van der Waals surface area contributed by atoms with Crippen LogP contribution in [-0.2, 0) is 17.8 Å². The lowest BCUT2D eigenvalue weighted by atomic mass is 10.2. The van der Waals surface area contributed by atoms with E-state index in [2.05, 4.69) is 5.10 Å². The summed E-state index contributed by atoms with van der Waals surface area (Å²) in [5.41, 5.74) is 8.14. The van der Waals surface area contributed by atoms with E-state index in [0.717, 1.165) is 11.4 Å². The van der Waals surface area contributed by atoms with Crippen LogP contribution in [0.25, 0.3) is 0 Å². The number of hydrogen-bond acceptors (Lipinski definition) is 5. The second kappa shape index (κ2) is 6.55. The molecule has 0 spiro atoms. The molecule has 1 amide bonds. The summed E-state index contributed by atoms with van der Waals surface area (Å²) in [7, 11) is 0. The van der Waals surface area contributed by atoms with E-state index in [1.807, 2.05) is 24.6 Å². The number of rotatable bonds is 4. The van der Waals surface area contributed by atoms with Crippen molar-refractivity contribution in [1.29, 1.82) is 0 Å². The van der Waals surface area contributed by atoms with E-state index in [0.29, 0.717) is 37.6 Å². The molecule has 1 unspecified atom stereocenters. The molecule has 1 atom stereocenters. The van der Waals surface area contributed by atoms with Crippen LogP contribution in [0.2, 0.25) is 0 Å². The summed E-state index contributed by atoms with van der Waals surface area (Å²) in [6, 6.07) is 3.74. The molecule has 7 nitrogen and oxygen atoms in total. The Hall–Kier alpha value is -2.12. The molecule has 0 radical (unpaired) electrons. The van der Waals surface area contributed by atoms with Crippen molar-refractivity contribution in [1.82, 2.24) is 14.7 Å². The number of hydrogen-bond donors (Lipinski definition) is 1. The van der Waals surface area contributed by atoms with Gasteiger partial charge in [0.25, 0.3) is 5.91 Å². The quantitative estimate of drug-likeness (QED) is 0.912. The summed E-state index contributed by atoms with van der Waals surface area (Å²) in [5.74, 6) is 0.566. The Balaban J connectivity index is 1.65. The first-order valence-corrected chi connectivity index (χ1v) is 7.76. The van der Waals surface area contributed by atoms with Crippen molar-refractivity contribution in [3.05, 3.63) is 41.1 Å². The largest absolute Gasteiger partial charge is 0.467 e. The number of nitrogens with zero attached hydrogens (tertiary/aromatic N) is 3. The highest BCUT2D eigenvalue weighted by molar-refractivity contribution is 5.94. The van der Waals surface area contributed by atoms with Gasteiger partial charge in [0.15, 0.2) is 0 Å². The Bertz CT molecular complexity index is 691. The van der Waals surface area contributed by atoms with Gasteiger partial charge in [-0.15, -0.1) is 0 Å². The Morgan fingerprint density at radius 2 is 2.26 bits per heavy atom. The van der Waals surface area contributed by atoms with Gasteiger partial charge in [0.05, 0.1) is 37.1 Å². The minimum absolute atomic E-state index is 0.0462. The summed E-state index contributed by atoms with van der Waals surface area (Å²) >= 11 is 0. The highest BCUT2D eigenvalue weighted by Crippen LogP contribution is 2.15. The van der Waals surface area contributed by atoms with Crippen LogP contribution in [-0.4, -0.2) is 46.4 Å². The molecule has 1 fully saturated rings. The molecule has 2 aromatic rings. The van der Waals surface area contributed by atoms with E-state index >= 15 is 0 Å². The average molecular weight is 318 g/mol. The zero-order valence-corrected chi connectivity index (χ0v) is 13.5. The zero-order valence-electron chi connectivity index (χ0n) is 13.5. The van der Waals surface area contributed by atoms with Crippen molar-refractivity contribution >= 4 is 5.91 Å². The maximum atomic E-state index is 12.5. The number of nitrogens with two attached hydrogens (primary N) is 1. The Morgan fingerprint density at radius 1 is 1.43 bits per heavy atom. The number of morpholine rings is 1. The molecule has 1 aliphatic heterocycles. The van der Waals surface area contributed by atoms with E-state index in [1.165, 1.54) is 6.26 Å². The molecule has 1 aliphatic rings. The zero-order chi connectivity index (χ0) is 16.4. The summed E-state index contributed by atoms with van der Waals surface area (Å²) in [6.07, 6.45) is 1.40. The van der Waals surface area contributed by atoms with Gasteiger partial charge in [0, 0.05) is 18.8 Å². The van der Waals surface area contributed by atoms with Gasteiger partial charge in [-0.25, -0.2) is 0 Å². The lowest BCUT2D eigenvalue weighted by Crippen LogP contribution is -2.47. The Kier molecular flexibility index (Phi) is 4.49. The van der Waals surface area contributed by atoms with Crippen molar-refractivity contribution < 1.29 is 13.9 Å². The van der Waals surface area contributed by atoms with Crippen LogP contribution >= 0.6 is 0 Å². The van der Waals surface area contributed by atoms with Crippen LogP contribution in [0.15, 0.2) is 22.8 Å². The van der Waals surface area contributed by atoms with Gasteiger partial charge >= 0.3 is 0 Å². The third-order valence-corrected chi connectivity index (χ3v) is 4.01. The highest BCUT2D eigenvalue weighted by Gasteiger charge is 2.26. The van der Waals surface area contributed by atoms with Crippen LogP contribution in [0.1, 0.15) is 27.5 Å². The van der Waals surface area contributed by atoms with Gasteiger partial charge in [0.2, 0.25) is 0 Å². The van der Waals surface area contributed by atoms with Crippen molar-refractivity contribution in [3.63, 3.8) is 0 Å². The fourth-order valence-corrected chi connectivity index (χ4v) is 2.85. The topological polar surface area (TPSA) is 86.5 Å². The lowest BCUT2D eigenvalue weighted by molar-refractivity contribution is -0.0302. The number of aryl methyl sites for hydroxylation is 2. The highest BCUT2D eigenvalue weighted by atomic mass is 16.5. The minimum Gasteiger partial charge on any atom is -0.467 e. The van der Waals surface area contributed by atoms with Crippen LogP contribution in [0.5, 0.6) is 0 Å². The third kappa shape index (κ3) is 3.46. The van der Waals surface area contributed by atoms with E-state index in [-0.39, 0.29) is 18.6 Å². The van der Waals surface area contributed by atoms with Crippen molar-refractivity contribution in [2.45, 2.75) is 33.0 Å². The normalized spacial score (nSPS) is 18.4. The number of amides is 1. The second-order valence-corrected chi connectivity index (χ2v) is 5.86. The molecule has 1 saturated heterocycles. The standard InChI is InChI=1S/C16H22N4O3/c1-11-5-12(2)20(18-11)9-15-8-19(3-4-22-15)16(21)13-6-14(7-17)23-10-13/h5-6,10,15H,3-4,7-9,17H2,1-2H3. The lowest BCUT2D eigenvalue weighted by Gasteiger charge is -2.32. The number of carbonyl (C=O) groups excluding carboxylic acids is 1. The first-order valence-electron chi connectivity index (χ1n) is 7.76. The fourth-order valence-electron chi connectivity index (χ4n) is 2.85. The SMILES string of the molecule is Cc1cc(C)n(CC2CN(C(=O)c3coc(CN)c3)CCO2)n1. The van der Waals surface area contributed by atoms with E-state index in [1.54, 1.807) is 11.0 Å². The summed E-state index contributed by atoms with van der Waals surface area (Å²) < 4.78 is 13.0. The first kappa shape index (κ1) is 15.8. The predicted octanol–water partition coefficient (Wildman–Crippen LogP) is 1.09. The third-order valence-electron chi connectivity index (χ3n) is 4.01. The van der Waals surface area contributed by atoms with Crippen LogP contribution < -0.4 is 5.73 Å². The molecule has 3 rings (SSSR count). The Morgan fingerprint density at radius 3 is 2.91 bits per heavy atom. The van der Waals surface area contributed by atoms with Crippen LogP contribution in [0, 0.1) is 13.8 Å². The summed E-state index contributed by atoms with van der Waals surface area (Å²) in [5, 5.41) is 4.45. The maximum absolute atomic E-state index is 12.5. The molecule has 7 heteroatoms. The molecule has 0 bridgehead atoms. The van der Waals surface area contributed by atoms with E-state index in [4.69, 9.17) is 14.9 Å². The van der Waals surface area contributed by atoms with Gasteiger partial charge in [-0.3, -0.25) is 9.48 Å². The molecular weight excluding hydrogens is 296 g/mol. The molecule has 2 aromatic heterocycles. The predicted molar refractivity (Wildman–Crippen MR) is 83.9 cm³/mol. The fraction of sp³-hybridized carbons (Fsp3) is 0.500. The number of carbonyl (C=O) groups is 1. The molecule has 124 valence electrons. The monoisotopic (exact) mass is 318 g/mol. The maximum Gasteiger partial charge on any atom is 0.257 e. The van der Waals surface area contributed by atoms with Gasteiger partial charge < -0.3 is 19.8 Å². The van der Waals surface area contributed by atoms with Gasteiger partial charge in [-0.1, -0.05) is 0 Å². The number of ether oxygens (including phenoxy) is 1. The van der Waals surface area contributed by atoms with Crippen LogP contribution in [0.3, 0.4) is 0 Å². The van der Waals surface area contributed by atoms with Crippen LogP contribution in [0.4, 0.5) is 0 Å². The van der Waals surface area contributed by atoms with Crippen molar-refractivity contribution in [3.8, 4) is 0 Å². The summed E-state index contributed by atoms with van der Waals surface area (Å²) in [4.78, 5) is 14.3. The van der Waals surface area contributed by atoms with Gasteiger partial charge in [-0.2, -0.15) is 5.10 Å². The Labute approximate surface area is 135 Å². The number of furan rings is 1. The smallest absolute Gasteiger partial charge is 0.257 e. The first-order chi connectivity index (χ1) is 11.1. The van der Waals surface area contributed by atoms with E-state index in [9.17, 15) is 4.79 Å². The van der Waals surface area contributed by atoms with E-state index < -0.39 is 0 Å². The summed E-state index contributed by atoms with van der Waals surface area (Å²) in [6.45, 7) is 6.56. The molecule has 2 N–H and O–H groups in total. The van der Waals surface area contributed by atoms with Crippen molar-refractivity contribution in [2.75, 3.05) is 19.7 Å². The minimum atomic E-state index is -0.0634. The molecule has 0 saturated carbocycles. The molecule has 0 aromatic carbocycles. The molecular formula is C16H22N4O3. The number of aromatic nitrogens is 2. The molecule has 3 heterocycles. The molecule has 23 heavy (non-hydrogen) atoms.